The molecule has 2 amide bonds. The minimum absolute atomic E-state index is 0.0184. The first-order valence-electron chi connectivity index (χ1n) is 25.9. The molecule has 8 aromatic rings. The number of aromatic carboxylic acids is 1. The molecule has 0 radical (unpaired) electrons. The van der Waals surface area contributed by atoms with Crippen LogP contribution in [0.2, 0.25) is 20.1 Å². The van der Waals surface area contributed by atoms with Gasteiger partial charge in [0.25, 0.3) is 0 Å². The lowest BCUT2D eigenvalue weighted by molar-refractivity contribution is -0.119. The quantitative estimate of drug-likeness (QED) is 0.0764. The second-order valence-corrected chi connectivity index (χ2v) is 24.6. The van der Waals surface area contributed by atoms with Gasteiger partial charge in [0.2, 0.25) is 11.8 Å². The number of anilines is 2. The molecule has 83 heavy (non-hydrogen) atoms. The Labute approximate surface area is 494 Å². The van der Waals surface area contributed by atoms with Crippen LogP contribution in [0.15, 0.2) is 124 Å². The number of carbonyl (C=O) groups is 3. The highest BCUT2D eigenvalue weighted by atomic mass is 35.5. The number of nitriles is 2. The van der Waals surface area contributed by atoms with E-state index < -0.39 is 99.2 Å². The van der Waals surface area contributed by atoms with Gasteiger partial charge in [-0.25, -0.2) is 32.3 Å². The zero-order valence-electron chi connectivity index (χ0n) is 45.1. The van der Waals surface area contributed by atoms with Crippen molar-refractivity contribution in [3.8, 4) is 12.1 Å². The highest BCUT2D eigenvalue weighted by molar-refractivity contribution is 6.31. The SMILES string of the molecule is CC(C)(C)C[C@@H]1N[C@@H](C(=O)Nc2ccc3oc(C(=O)O)nc3c2)[C@H](c2cccc(Cl)c2F)[C@@]1(C#N)c1ccc(Cl)cc1F.CC(C)(C)C[C@@H]1N[C@@H](C(=O)Nc2ccc3ocnc3c2)[C@H](c2cccc(Cl)c2F)[C@@]1(C#N)c1ccc(Cl)cc1F. The summed E-state index contributed by atoms with van der Waals surface area (Å²) in [6.45, 7) is 11.8. The smallest absolute Gasteiger partial charge is 0.392 e. The summed E-state index contributed by atoms with van der Waals surface area (Å²) in [7, 11) is 0. The van der Waals surface area contributed by atoms with E-state index in [1.165, 1.54) is 79.2 Å². The fraction of sp³-hybridized carbons (Fsp3) is 0.295. The average molecular weight is 1210 g/mol. The van der Waals surface area contributed by atoms with Crippen LogP contribution in [-0.4, -0.2) is 57.0 Å². The van der Waals surface area contributed by atoms with Crippen molar-refractivity contribution >= 4 is 97.8 Å². The number of oxazole rings is 2. The van der Waals surface area contributed by atoms with Crippen LogP contribution in [-0.2, 0) is 20.4 Å². The van der Waals surface area contributed by atoms with Crippen LogP contribution in [0.3, 0.4) is 0 Å². The van der Waals surface area contributed by atoms with Crippen LogP contribution in [0.1, 0.15) is 99.2 Å². The Kier molecular flexibility index (Phi) is 16.8. The molecule has 0 saturated carbocycles. The van der Waals surface area contributed by atoms with Crippen LogP contribution in [0.5, 0.6) is 0 Å². The molecule has 2 fully saturated rings. The fourth-order valence-electron chi connectivity index (χ4n) is 11.6. The molecule has 4 heterocycles. The van der Waals surface area contributed by atoms with Gasteiger partial charge in [0, 0.05) is 56.5 Å². The third kappa shape index (κ3) is 11.7. The standard InChI is InChI=1S/C31H26Cl2F2N4O4.C30H26Cl2F2N4O2/c1-30(2,3)13-23-31(14-36,18-9-7-15(32)11-20(18)34)24(17-5-4-6-19(33)25(17)35)26(39-23)27(40)37-16-8-10-22-21(12-16)38-28(43-22)29(41)42;1-29(2,3)13-24-30(14-35,19-9-7-16(31)11-21(19)33)25(18-5-4-6-20(32)26(18)34)27(38-24)28(39)37-17-8-10-23-22(12-17)36-15-40-23/h4-12,23-24,26,39H,13H2,1-3H3,(H,37,40)(H,41,42);4-12,15,24-25,27,38H,13H2,1-3H3,(H,37,39)/t23-,24-,26+,31-;24-,25-,27+,30-/m00/s1. The van der Waals surface area contributed by atoms with Crippen molar-refractivity contribution in [1.29, 1.82) is 10.5 Å². The zero-order valence-corrected chi connectivity index (χ0v) is 48.2. The Hall–Kier alpha value is -7.55. The van der Waals surface area contributed by atoms with Gasteiger partial charge in [-0.2, -0.15) is 10.5 Å². The first-order chi connectivity index (χ1) is 39.2. The van der Waals surface area contributed by atoms with E-state index in [1.807, 2.05) is 41.5 Å². The topological polar surface area (TPSA) is 219 Å². The first-order valence-corrected chi connectivity index (χ1v) is 27.4. The first kappa shape index (κ1) is 60.1. The number of hydrogen-bond acceptors (Lipinski definition) is 11. The molecule has 14 nitrogen and oxygen atoms in total. The summed E-state index contributed by atoms with van der Waals surface area (Å²) in [6.07, 6.45) is 1.98. The summed E-state index contributed by atoms with van der Waals surface area (Å²) >= 11 is 24.5. The summed E-state index contributed by atoms with van der Waals surface area (Å²) in [6, 6.07) is 26.7. The van der Waals surface area contributed by atoms with E-state index >= 15 is 17.6 Å². The normalized spacial score (nSPS) is 22.4. The predicted molar refractivity (Wildman–Crippen MR) is 308 cm³/mol. The number of amides is 2. The molecule has 0 unspecified atom stereocenters. The molecule has 428 valence electrons. The Bertz CT molecular complexity index is 3950. The highest BCUT2D eigenvalue weighted by Crippen LogP contribution is 2.55. The largest absolute Gasteiger partial charge is 0.474 e. The molecule has 0 spiro atoms. The number of carbonyl (C=O) groups excluding carboxylic acids is 2. The van der Waals surface area contributed by atoms with Gasteiger partial charge in [-0.3, -0.25) is 9.59 Å². The summed E-state index contributed by atoms with van der Waals surface area (Å²) < 4.78 is 73.5. The lowest BCUT2D eigenvalue weighted by atomic mass is 9.62. The second-order valence-electron chi connectivity index (χ2n) is 22.9. The summed E-state index contributed by atoms with van der Waals surface area (Å²) in [5, 5.41) is 43.1. The number of carboxylic acids is 1. The number of hydrogen-bond donors (Lipinski definition) is 5. The lowest BCUT2D eigenvalue weighted by Gasteiger charge is -2.37. The van der Waals surface area contributed by atoms with Crippen molar-refractivity contribution in [2.75, 3.05) is 10.6 Å². The monoisotopic (exact) mass is 1210 g/mol. The summed E-state index contributed by atoms with van der Waals surface area (Å²) in [5.41, 5.74) is -2.11. The van der Waals surface area contributed by atoms with Crippen LogP contribution in [0.25, 0.3) is 22.2 Å². The number of halogens is 8. The van der Waals surface area contributed by atoms with Crippen LogP contribution in [0, 0.1) is 56.8 Å². The van der Waals surface area contributed by atoms with Gasteiger partial charge in [0.1, 0.15) is 45.1 Å². The van der Waals surface area contributed by atoms with Gasteiger partial charge in [-0.05, 0) is 108 Å². The number of nitrogens with one attached hydrogen (secondary N) is 4. The van der Waals surface area contributed by atoms with E-state index in [2.05, 4.69) is 43.4 Å². The lowest BCUT2D eigenvalue weighted by Crippen LogP contribution is -2.45. The minimum atomic E-state index is -1.78. The molecule has 2 aliphatic heterocycles. The van der Waals surface area contributed by atoms with Crippen molar-refractivity contribution in [2.24, 2.45) is 10.8 Å². The van der Waals surface area contributed by atoms with Gasteiger partial charge >= 0.3 is 11.9 Å². The fourth-order valence-corrected chi connectivity index (χ4v) is 12.3. The molecular formula is C61H52Cl4F4N8O6. The minimum Gasteiger partial charge on any atom is -0.474 e. The molecule has 0 bridgehead atoms. The number of aromatic nitrogens is 2. The maximum absolute atomic E-state index is 15.8. The second kappa shape index (κ2) is 23.2. The van der Waals surface area contributed by atoms with Crippen molar-refractivity contribution in [2.45, 2.75) is 101 Å². The molecule has 2 saturated heterocycles. The molecule has 2 aliphatic rings. The molecule has 0 aliphatic carbocycles. The van der Waals surface area contributed by atoms with Gasteiger partial charge < -0.3 is 35.2 Å². The molecule has 5 N–H and O–H groups in total. The molecule has 2 aromatic heterocycles. The maximum Gasteiger partial charge on any atom is 0.392 e. The number of nitrogens with zero attached hydrogens (tertiary/aromatic N) is 4. The molecular weight excluding hydrogens is 1160 g/mol. The summed E-state index contributed by atoms with van der Waals surface area (Å²) in [4.78, 5) is 47.3. The Balaban J connectivity index is 0.000000200. The van der Waals surface area contributed by atoms with E-state index in [4.69, 9.17) is 55.2 Å². The van der Waals surface area contributed by atoms with E-state index in [0.717, 1.165) is 12.1 Å². The Morgan fingerprint density at radius 1 is 0.639 bits per heavy atom. The molecule has 8 atom stereocenters. The van der Waals surface area contributed by atoms with Crippen molar-refractivity contribution in [3.63, 3.8) is 0 Å². The van der Waals surface area contributed by atoms with Gasteiger partial charge in [-0.15, -0.1) is 0 Å². The maximum atomic E-state index is 15.8. The van der Waals surface area contributed by atoms with E-state index in [-0.39, 0.29) is 64.5 Å². The van der Waals surface area contributed by atoms with E-state index in [1.54, 1.807) is 24.3 Å². The van der Waals surface area contributed by atoms with Gasteiger partial charge in [-0.1, -0.05) is 124 Å². The van der Waals surface area contributed by atoms with Crippen molar-refractivity contribution < 1.29 is 45.9 Å². The number of benzene rings is 6. The van der Waals surface area contributed by atoms with E-state index in [9.17, 15) is 30.0 Å². The number of carboxylic acid groups (broad SMARTS) is 1. The van der Waals surface area contributed by atoms with Crippen LogP contribution < -0.4 is 21.3 Å². The highest BCUT2D eigenvalue weighted by Gasteiger charge is 2.63. The van der Waals surface area contributed by atoms with Crippen LogP contribution >= 0.6 is 46.4 Å². The average Bonchev–Trinajstić information content (AvgIpc) is 1.75. The van der Waals surface area contributed by atoms with Crippen LogP contribution in [0.4, 0.5) is 28.9 Å². The van der Waals surface area contributed by atoms with E-state index in [0.29, 0.717) is 29.6 Å². The third-order valence-corrected chi connectivity index (χ3v) is 16.0. The number of fused-ring (bicyclic) bond motifs is 2. The molecule has 6 aromatic carbocycles. The summed E-state index contributed by atoms with van der Waals surface area (Å²) in [5.74, 6) is -8.53. The van der Waals surface area contributed by atoms with Crippen molar-refractivity contribution in [1.82, 2.24) is 20.6 Å². The van der Waals surface area contributed by atoms with Crippen molar-refractivity contribution in [3.05, 3.63) is 187 Å². The molecule has 22 heteroatoms. The Morgan fingerprint density at radius 3 is 1.51 bits per heavy atom. The van der Waals surface area contributed by atoms with Gasteiger partial charge in [0.15, 0.2) is 17.6 Å². The zero-order chi connectivity index (χ0) is 60.1. The Morgan fingerprint density at radius 2 is 1.08 bits per heavy atom. The number of rotatable bonds is 11. The molecule has 10 rings (SSSR count). The third-order valence-electron chi connectivity index (χ3n) is 14.9. The predicted octanol–water partition coefficient (Wildman–Crippen LogP) is 14.4. The van der Waals surface area contributed by atoms with Gasteiger partial charge in [0.05, 0.1) is 34.3 Å².